The number of hydrogen-bond donors (Lipinski definition) is 1. The number of para-hydroxylation sites is 1. The molecule has 2 aliphatic rings. The van der Waals surface area contributed by atoms with E-state index in [9.17, 15) is 9.59 Å². The van der Waals surface area contributed by atoms with Crippen LogP contribution in [0.5, 0.6) is 5.75 Å². The Kier molecular flexibility index (Phi) is 4.70. The molecule has 5 heteroatoms. The molecule has 4 rings (SSSR count). The van der Waals surface area contributed by atoms with Crippen LogP contribution in [0.4, 0.5) is 0 Å². The molecule has 0 spiro atoms. The Morgan fingerprint density at radius 1 is 1.23 bits per heavy atom. The monoisotopic (exact) mass is 354 g/mol. The number of benzene rings is 1. The van der Waals surface area contributed by atoms with Crippen LogP contribution < -0.4 is 15.5 Å². The average molecular weight is 354 g/mol. The van der Waals surface area contributed by atoms with Crippen LogP contribution in [0.3, 0.4) is 0 Å². The minimum atomic E-state index is -0.237. The van der Waals surface area contributed by atoms with E-state index in [1.54, 1.807) is 12.3 Å². The second-order valence-corrected chi connectivity index (χ2v) is 7.47. The van der Waals surface area contributed by atoms with Crippen LogP contribution in [0, 0.1) is 0 Å². The summed E-state index contributed by atoms with van der Waals surface area (Å²) in [6.45, 7) is 2.66. The Morgan fingerprint density at radius 3 is 2.73 bits per heavy atom. The van der Waals surface area contributed by atoms with E-state index in [0.717, 1.165) is 43.4 Å². The third kappa shape index (κ3) is 3.00. The molecule has 0 saturated heterocycles. The Balaban J connectivity index is 1.75. The highest BCUT2D eigenvalue weighted by molar-refractivity contribution is 5.98. The molecule has 2 heterocycles. The summed E-state index contributed by atoms with van der Waals surface area (Å²) < 4.78 is 7.90. The molecule has 1 aliphatic carbocycles. The molecule has 1 fully saturated rings. The van der Waals surface area contributed by atoms with Crippen LogP contribution in [0.15, 0.2) is 29.2 Å². The lowest BCUT2D eigenvalue weighted by molar-refractivity contribution is 0.0931. The molecule has 5 nitrogen and oxygen atoms in total. The number of nitrogens with zero attached hydrogens (tertiary/aromatic N) is 1. The van der Waals surface area contributed by atoms with Crippen LogP contribution in [0.25, 0.3) is 10.9 Å². The van der Waals surface area contributed by atoms with Crippen molar-refractivity contribution in [1.82, 2.24) is 9.88 Å². The smallest absolute Gasteiger partial charge is 0.256 e. The fraction of sp³-hybridized carbons (Fsp3) is 0.524. The zero-order valence-electron chi connectivity index (χ0n) is 15.3. The summed E-state index contributed by atoms with van der Waals surface area (Å²) in [7, 11) is 0. The average Bonchev–Trinajstić information content (AvgIpc) is 2.93. The summed E-state index contributed by atoms with van der Waals surface area (Å²) in [5.74, 6) is 0.485. The molecule has 1 N–H and O–H groups in total. The molecular formula is C21H26N2O3. The second kappa shape index (κ2) is 7.14. The second-order valence-electron chi connectivity index (χ2n) is 7.47. The van der Waals surface area contributed by atoms with Gasteiger partial charge in [0, 0.05) is 12.2 Å². The maximum absolute atomic E-state index is 13.0. The number of carbonyl (C=O) groups excluding carboxylic acids is 1. The van der Waals surface area contributed by atoms with Crippen LogP contribution in [-0.2, 0) is 0 Å². The van der Waals surface area contributed by atoms with Gasteiger partial charge in [-0.25, -0.2) is 0 Å². The van der Waals surface area contributed by atoms with E-state index in [-0.39, 0.29) is 29.0 Å². The van der Waals surface area contributed by atoms with Gasteiger partial charge >= 0.3 is 0 Å². The number of amides is 1. The minimum Gasteiger partial charge on any atom is -0.489 e. The Morgan fingerprint density at radius 2 is 2.00 bits per heavy atom. The molecule has 1 aromatic heterocycles. The van der Waals surface area contributed by atoms with Crippen molar-refractivity contribution in [3.8, 4) is 5.75 Å². The van der Waals surface area contributed by atoms with Crippen molar-refractivity contribution in [2.75, 3.05) is 6.61 Å². The summed E-state index contributed by atoms with van der Waals surface area (Å²) in [5.41, 5.74) is 0.852. The number of nitrogens with one attached hydrogen (secondary N) is 1. The van der Waals surface area contributed by atoms with E-state index in [0.29, 0.717) is 12.0 Å². The predicted molar refractivity (Wildman–Crippen MR) is 102 cm³/mol. The Labute approximate surface area is 153 Å². The number of pyridine rings is 1. The van der Waals surface area contributed by atoms with Gasteiger partial charge in [-0.15, -0.1) is 0 Å². The van der Waals surface area contributed by atoms with E-state index in [2.05, 4.69) is 16.8 Å². The summed E-state index contributed by atoms with van der Waals surface area (Å²) in [6.07, 6.45) is 9.39. The zero-order chi connectivity index (χ0) is 18.1. The van der Waals surface area contributed by atoms with Gasteiger partial charge in [0.1, 0.15) is 17.9 Å². The normalized spacial score (nSPS) is 20.4. The third-order valence-electron chi connectivity index (χ3n) is 5.75. The fourth-order valence-electron chi connectivity index (χ4n) is 4.21. The molecule has 1 aliphatic heterocycles. The SMILES string of the molecule is CC[C@H]1COc2cccc3c(=O)c(C(=O)NC4CCCCCC4)cn1c23. The highest BCUT2D eigenvalue weighted by Gasteiger charge is 2.25. The van der Waals surface area contributed by atoms with Crippen LogP contribution in [0.1, 0.15) is 68.3 Å². The minimum absolute atomic E-state index is 0.137. The lowest BCUT2D eigenvalue weighted by atomic mass is 10.0. The van der Waals surface area contributed by atoms with Crippen molar-refractivity contribution >= 4 is 16.8 Å². The molecule has 26 heavy (non-hydrogen) atoms. The van der Waals surface area contributed by atoms with Crippen LogP contribution in [-0.4, -0.2) is 23.1 Å². The maximum atomic E-state index is 13.0. The van der Waals surface area contributed by atoms with Gasteiger partial charge in [0.25, 0.3) is 5.91 Å². The maximum Gasteiger partial charge on any atom is 0.256 e. The predicted octanol–water partition coefficient (Wildman–Crippen LogP) is 3.80. The number of hydrogen-bond acceptors (Lipinski definition) is 3. The number of ether oxygens (including phenoxy) is 1. The van der Waals surface area contributed by atoms with E-state index in [1.807, 2.05) is 12.1 Å². The van der Waals surface area contributed by atoms with Crippen molar-refractivity contribution < 1.29 is 9.53 Å². The highest BCUT2D eigenvalue weighted by atomic mass is 16.5. The van der Waals surface area contributed by atoms with Gasteiger partial charge in [-0.1, -0.05) is 38.7 Å². The van der Waals surface area contributed by atoms with Gasteiger partial charge in [-0.2, -0.15) is 0 Å². The zero-order valence-corrected chi connectivity index (χ0v) is 15.3. The van der Waals surface area contributed by atoms with Crippen molar-refractivity contribution in [3.05, 3.63) is 40.2 Å². The van der Waals surface area contributed by atoms with Gasteiger partial charge in [-0.3, -0.25) is 9.59 Å². The summed E-state index contributed by atoms with van der Waals surface area (Å²) in [6, 6.07) is 5.81. The first-order chi connectivity index (χ1) is 12.7. The Hall–Kier alpha value is -2.30. The van der Waals surface area contributed by atoms with Crippen molar-refractivity contribution in [2.24, 2.45) is 0 Å². The lowest BCUT2D eigenvalue weighted by Crippen LogP contribution is -2.38. The van der Waals surface area contributed by atoms with E-state index >= 15 is 0 Å². The van der Waals surface area contributed by atoms with E-state index in [1.165, 1.54) is 12.8 Å². The first-order valence-electron chi connectivity index (χ1n) is 9.80. The van der Waals surface area contributed by atoms with Crippen LogP contribution >= 0.6 is 0 Å². The standard InChI is InChI=1S/C21H26N2O3/c1-2-15-13-26-18-11-7-10-16-19(18)23(15)12-17(20(16)24)21(25)22-14-8-5-3-4-6-9-14/h7,10-12,14-15H,2-6,8-9,13H2,1H3,(H,22,25)/t15-/m0/s1. The summed E-state index contributed by atoms with van der Waals surface area (Å²) in [5, 5.41) is 3.68. The molecule has 1 aromatic carbocycles. The van der Waals surface area contributed by atoms with Crippen LogP contribution in [0.2, 0.25) is 0 Å². The quantitative estimate of drug-likeness (QED) is 0.853. The Bertz CT molecular complexity index is 879. The van der Waals surface area contributed by atoms with Gasteiger partial charge in [0.05, 0.1) is 16.9 Å². The molecule has 1 amide bonds. The number of carbonyl (C=O) groups is 1. The van der Waals surface area contributed by atoms with Gasteiger partial charge in [0.15, 0.2) is 0 Å². The summed E-state index contributed by atoms with van der Waals surface area (Å²) >= 11 is 0. The number of rotatable bonds is 3. The van der Waals surface area contributed by atoms with Crippen molar-refractivity contribution in [3.63, 3.8) is 0 Å². The van der Waals surface area contributed by atoms with Gasteiger partial charge in [0.2, 0.25) is 5.43 Å². The van der Waals surface area contributed by atoms with Crippen molar-refractivity contribution in [1.29, 1.82) is 0 Å². The van der Waals surface area contributed by atoms with Gasteiger partial charge < -0.3 is 14.6 Å². The molecule has 0 radical (unpaired) electrons. The van der Waals surface area contributed by atoms with E-state index in [4.69, 9.17) is 4.74 Å². The molecule has 0 unspecified atom stereocenters. The largest absolute Gasteiger partial charge is 0.489 e. The third-order valence-corrected chi connectivity index (χ3v) is 5.75. The summed E-state index contributed by atoms with van der Waals surface area (Å²) in [4.78, 5) is 25.9. The first-order valence-corrected chi connectivity index (χ1v) is 9.80. The molecular weight excluding hydrogens is 328 g/mol. The lowest BCUT2D eigenvalue weighted by Gasteiger charge is -2.28. The van der Waals surface area contributed by atoms with Gasteiger partial charge in [-0.05, 0) is 31.4 Å². The molecule has 138 valence electrons. The molecule has 2 aromatic rings. The topological polar surface area (TPSA) is 60.3 Å². The highest BCUT2D eigenvalue weighted by Crippen LogP contribution is 2.32. The van der Waals surface area contributed by atoms with E-state index < -0.39 is 0 Å². The first kappa shape index (κ1) is 17.1. The molecule has 0 bridgehead atoms. The molecule has 1 saturated carbocycles. The number of aromatic nitrogens is 1. The fourth-order valence-corrected chi connectivity index (χ4v) is 4.21. The van der Waals surface area contributed by atoms with Crippen molar-refractivity contribution in [2.45, 2.75) is 64.0 Å². The molecule has 1 atom stereocenters.